The fourth-order valence-corrected chi connectivity index (χ4v) is 0. The van der Waals surface area contributed by atoms with E-state index in [2.05, 4.69) is 0 Å². The Hall–Kier alpha value is 1.15. The first-order valence-corrected chi connectivity index (χ1v) is 5.87. The molecule has 0 fully saturated rings. The van der Waals surface area contributed by atoms with Crippen LogP contribution in [0.15, 0.2) is 0 Å². The molecule has 0 aromatic carbocycles. The van der Waals surface area contributed by atoms with Crippen LogP contribution in [0.4, 0.5) is 0 Å². The van der Waals surface area contributed by atoms with Crippen LogP contribution in [0.1, 0.15) is 0 Å². The normalized spacial score (nSPS) is 3.67. The van der Waals surface area contributed by atoms with Gasteiger partial charge in [0.1, 0.15) is 0 Å². The van der Waals surface area contributed by atoms with E-state index in [0.29, 0.717) is 0 Å². The Labute approximate surface area is 52.6 Å². The van der Waals surface area contributed by atoms with Gasteiger partial charge in [-0.3, -0.25) is 0 Å². The standard InChI is InChI=1S/2ClH.H3N.2H2O.Pt/h2*1H;1H3;2*1H2;/q;;;;;+2/p-2. The Kier molecular flexibility index (Phi) is 160. The van der Waals surface area contributed by atoms with Crippen molar-refractivity contribution in [2.24, 2.45) is 0 Å². The third-order valence-electron chi connectivity index (χ3n) is 0. The van der Waals surface area contributed by atoms with Crippen molar-refractivity contribution >= 4 is 18.8 Å². The molecule has 0 aliphatic heterocycles. The number of hydrogen-bond acceptors (Lipinski definition) is 1. The Morgan fingerprint density at radius 1 is 1.00 bits per heavy atom. The van der Waals surface area contributed by atoms with Gasteiger partial charge in [0.05, 0.1) is 0 Å². The quantitative estimate of drug-likeness (QED) is 0.662. The minimum absolute atomic E-state index is 0. The molecule has 0 aromatic heterocycles. The summed E-state index contributed by atoms with van der Waals surface area (Å²) in [6, 6.07) is 0. The van der Waals surface area contributed by atoms with E-state index in [0.717, 1.165) is 0 Å². The molecule has 0 rings (SSSR count). The molecule has 0 spiro atoms. The Morgan fingerprint density at radius 3 is 1.00 bits per heavy atom. The Bertz CT molecular complexity index is 11.5. The minimum atomic E-state index is -0.472. The van der Waals surface area contributed by atoms with Gasteiger partial charge < -0.3 is 17.1 Å². The Morgan fingerprint density at radius 2 is 1.00 bits per heavy atom. The maximum absolute atomic E-state index is 4.88. The van der Waals surface area contributed by atoms with Crippen molar-refractivity contribution in [3.63, 3.8) is 0 Å². The molecule has 0 atom stereocenters. The Balaban J connectivity index is -0.00000000667. The summed E-state index contributed by atoms with van der Waals surface area (Å²) in [5.74, 6) is 0. The average Bonchev–Trinajstić information content (AvgIpc) is 0.918. The molecule has 6 heteroatoms. The third-order valence-corrected chi connectivity index (χ3v) is 0. The zero-order valence-electron chi connectivity index (χ0n) is 2.78. The van der Waals surface area contributed by atoms with Gasteiger partial charge in [0.25, 0.3) is 0 Å². The van der Waals surface area contributed by atoms with Crippen molar-refractivity contribution in [3.8, 4) is 0 Å². The van der Waals surface area contributed by atoms with Crippen molar-refractivity contribution in [1.82, 2.24) is 6.15 Å². The van der Waals surface area contributed by atoms with Crippen LogP contribution in [0, 0.1) is 0 Å². The van der Waals surface area contributed by atoms with Crippen LogP contribution in [0.25, 0.3) is 0 Å². The second-order valence-corrected chi connectivity index (χ2v) is 3.33. The average molecular weight is 319 g/mol. The molecule has 48 valence electrons. The third kappa shape index (κ3) is 67.2. The molecule has 0 heterocycles. The molecule has 0 unspecified atom stereocenters. The van der Waals surface area contributed by atoms with E-state index in [4.69, 9.17) is 18.8 Å². The van der Waals surface area contributed by atoms with E-state index < -0.39 is 16.5 Å². The molecule has 0 aromatic rings. The van der Waals surface area contributed by atoms with Crippen LogP contribution in [-0.2, 0) is 16.5 Å². The van der Waals surface area contributed by atoms with Crippen molar-refractivity contribution < 1.29 is 27.4 Å². The summed E-state index contributed by atoms with van der Waals surface area (Å²) in [6.45, 7) is 0. The van der Waals surface area contributed by atoms with Gasteiger partial charge in [0.15, 0.2) is 0 Å². The summed E-state index contributed by atoms with van der Waals surface area (Å²) in [7, 11) is 9.75. The molecular formula is H7Cl2NO2Pt. The summed E-state index contributed by atoms with van der Waals surface area (Å²) >= 11 is -0.472. The summed E-state index contributed by atoms with van der Waals surface area (Å²) in [6.07, 6.45) is 0. The SMILES string of the molecule is N.O.O.[Cl][Pt][Cl]. The molecule has 0 amide bonds. The van der Waals surface area contributed by atoms with E-state index in [1.807, 2.05) is 0 Å². The van der Waals surface area contributed by atoms with Gasteiger partial charge in [0.2, 0.25) is 0 Å². The van der Waals surface area contributed by atoms with Gasteiger partial charge in [0, 0.05) is 0 Å². The first-order valence-electron chi connectivity index (χ1n) is 0.239. The van der Waals surface area contributed by atoms with Gasteiger partial charge in [-0.2, -0.15) is 0 Å². The summed E-state index contributed by atoms with van der Waals surface area (Å²) in [4.78, 5) is 0. The van der Waals surface area contributed by atoms with Crippen molar-refractivity contribution in [2.75, 3.05) is 0 Å². The molecule has 7 N–H and O–H groups in total. The van der Waals surface area contributed by atoms with Crippen molar-refractivity contribution in [3.05, 3.63) is 0 Å². The monoisotopic (exact) mass is 318 g/mol. The van der Waals surface area contributed by atoms with E-state index >= 15 is 0 Å². The fourth-order valence-electron chi connectivity index (χ4n) is 0. The molecule has 0 saturated carbocycles. The van der Waals surface area contributed by atoms with Crippen molar-refractivity contribution in [2.45, 2.75) is 0 Å². The molecule has 0 aliphatic carbocycles. The molecule has 3 nitrogen and oxygen atoms in total. The van der Waals surface area contributed by atoms with Gasteiger partial charge in [-0.1, -0.05) is 0 Å². The predicted molar refractivity (Wildman–Crippen MR) is 24.0 cm³/mol. The van der Waals surface area contributed by atoms with E-state index in [9.17, 15) is 0 Å². The molecule has 0 radical (unpaired) electrons. The van der Waals surface area contributed by atoms with Crippen LogP contribution in [0.5, 0.6) is 0 Å². The molecular weight excluding hydrogens is 312 g/mol. The summed E-state index contributed by atoms with van der Waals surface area (Å²) in [5.41, 5.74) is 0. The second kappa shape index (κ2) is 35.3. The van der Waals surface area contributed by atoms with Crippen LogP contribution >= 0.6 is 18.8 Å². The maximum atomic E-state index is 4.88. The zero-order valence-corrected chi connectivity index (χ0v) is 6.56. The molecule has 0 saturated heterocycles. The van der Waals surface area contributed by atoms with Crippen LogP contribution < -0.4 is 6.15 Å². The van der Waals surface area contributed by atoms with Crippen LogP contribution in [0.2, 0.25) is 0 Å². The van der Waals surface area contributed by atoms with Gasteiger partial charge in [-0.25, -0.2) is 0 Å². The predicted octanol–water partition coefficient (Wildman–Crippen LogP) is -0.111. The molecule has 0 aliphatic rings. The summed E-state index contributed by atoms with van der Waals surface area (Å²) in [5, 5.41) is 0. The number of rotatable bonds is 0. The second-order valence-electron chi connectivity index (χ2n) is 0.0452. The fraction of sp³-hybridized carbons (Fsp3) is 0. The topological polar surface area (TPSA) is 98.0 Å². The zero-order chi connectivity index (χ0) is 2.71. The van der Waals surface area contributed by atoms with E-state index in [1.54, 1.807) is 0 Å². The van der Waals surface area contributed by atoms with Crippen LogP contribution in [0.3, 0.4) is 0 Å². The number of halogens is 2. The molecule has 6 heavy (non-hydrogen) atoms. The van der Waals surface area contributed by atoms with Gasteiger partial charge >= 0.3 is 35.3 Å². The number of hydrogen-bond donors (Lipinski definition) is 1. The van der Waals surface area contributed by atoms with E-state index in [-0.39, 0.29) is 17.1 Å². The van der Waals surface area contributed by atoms with Crippen molar-refractivity contribution in [1.29, 1.82) is 0 Å². The first-order chi connectivity index (χ1) is 1.41. The summed E-state index contributed by atoms with van der Waals surface area (Å²) < 4.78 is 0. The first kappa shape index (κ1) is 27.3. The molecule has 0 bridgehead atoms. The van der Waals surface area contributed by atoms with Gasteiger partial charge in [-0.05, 0) is 0 Å². The van der Waals surface area contributed by atoms with Gasteiger partial charge in [-0.15, -0.1) is 0 Å². The van der Waals surface area contributed by atoms with Crippen LogP contribution in [-0.4, -0.2) is 11.0 Å². The van der Waals surface area contributed by atoms with E-state index in [1.165, 1.54) is 0 Å².